The summed E-state index contributed by atoms with van der Waals surface area (Å²) >= 11 is 0. The maximum atomic E-state index is 13.3. The molecule has 0 amide bonds. The average Bonchev–Trinajstić information content (AvgIpc) is 2.41. The number of halogens is 5. The van der Waals surface area contributed by atoms with Crippen LogP contribution in [0.3, 0.4) is 0 Å². The quantitative estimate of drug-likeness (QED) is 0.267. The minimum absolute atomic E-state index is 0.694. The van der Waals surface area contributed by atoms with Crippen molar-refractivity contribution in [3.8, 4) is 0 Å². The fraction of sp³-hybridized carbons (Fsp3) is 0.300. The Morgan fingerprint density at radius 2 is 1.45 bits per heavy atom. The molecule has 0 aliphatic heterocycles. The molecule has 1 atom stereocenters. The molecule has 0 aliphatic carbocycles. The van der Waals surface area contributed by atoms with E-state index in [0.717, 1.165) is 0 Å². The molecule has 0 fully saturated rings. The van der Waals surface area contributed by atoms with E-state index < -0.39 is 69.1 Å². The van der Waals surface area contributed by atoms with Gasteiger partial charge in [0.15, 0.2) is 23.3 Å². The van der Waals surface area contributed by atoms with Crippen molar-refractivity contribution in [2.75, 3.05) is 12.3 Å². The van der Waals surface area contributed by atoms with Crippen LogP contribution in [0.1, 0.15) is 10.4 Å². The lowest BCUT2D eigenvalue weighted by Gasteiger charge is -2.15. The Morgan fingerprint density at radius 1 is 1.05 bits per heavy atom. The van der Waals surface area contributed by atoms with Gasteiger partial charge in [0.25, 0.3) is 10.1 Å². The van der Waals surface area contributed by atoms with E-state index in [2.05, 4.69) is 4.74 Å². The Morgan fingerprint density at radius 3 is 1.82 bits per heavy atom. The van der Waals surface area contributed by atoms with Crippen LogP contribution in [0.5, 0.6) is 0 Å². The van der Waals surface area contributed by atoms with Crippen LogP contribution in [0, 0.1) is 29.1 Å². The van der Waals surface area contributed by atoms with E-state index in [4.69, 9.17) is 10.3 Å². The number of ether oxygens (including phenoxy) is 1. The molecule has 1 aromatic rings. The van der Waals surface area contributed by atoms with E-state index in [1.807, 2.05) is 0 Å². The van der Waals surface area contributed by atoms with Gasteiger partial charge < -0.3 is 10.5 Å². The molecule has 0 radical (unpaired) electrons. The lowest BCUT2D eigenvalue weighted by molar-refractivity contribution is 0.0348. The number of carbonyl (C=O) groups is 1. The predicted molar refractivity (Wildman–Crippen MR) is 60.9 cm³/mol. The molecule has 1 unspecified atom stereocenters. The number of carbonyl (C=O) groups excluding carboxylic acids is 1. The van der Waals surface area contributed by atoms with Crippen molar-refractivity contribution in [1.82, 2.24) is 0 Å². The Kier molecular flexibility index (Phi) is 5.43. The van der Waals surface area contributed by atoms with Gasteiger partial charge in [-0.3, -0.25) is 4.55 Å². The fourth-order valence-electron chi connectivity index (χ4n) is 1.38. The first kappa shape index (κ1) is 18.3. The first-order chi connectivity index (χ1) is 9.99. The summed E-state index contributed by atoms with van der Waals surface area (Å²) in [5, 5.41) is 0. The van der Waals surface area contributed by atoms with Gasteiger partial charge in [0.05, 0.1) is 0 Å². The van der Waals surface area contributed by atoms with Crippen LogP contribution in [-0.2, 0) is 14.9 Å². The van der Waals surface area contributed by atoms with E-state index in [0.29, 0.717) is 0 Å². The van der Waals surface area contributed by atoms with E-state index in [1.165, 1.54) is 0 Å². The molecule has 0 aliphatic rings. The van der Waals surface area contributed by atoms with Crippen molar-refractivity contribution in [2.45, 2.75) is 6.10 Å². The zero-order valence-corrected chi connectivity index (χ0v) is 11.3. The Bertz CT molecular complexity index is 679. The molecule has 0 bridgehead atoms. The minimum Gasteiger partial charge on any atom is -0.456 e. The predicted octanol–water partition coefficient (Wildman–Crippen LogP) is 0.754. The van der Waals surface area contributed by atoms with E-state index in [9.17, 15) is 35.2 Å². The van der Waals surface area contributed by atoms with Gasteiger partial charge in [-0.15, -0.1) is 0 Å². The summed E-state index contributed by atoms with van der Waals surface area (Å²) in [6.07, 6.45) is -1.75. The van der Waals surface area contributed by atoms with Crippen LogP contribution >= 0.6 is 0 Å². The molecule has 0 saturated carbocycles. The third-order valence-electron chi connectivity index (χ3n) is 2.35. The molecule has 22 heavy (non-hydrogen) atoms. The Balaban J connectivity index is 3.19. The third kappa shape index (κ3) is 3.90. The molecule has 0 aromatic heterocycles. The second-order valence-corrected chi connectivity index (χ2v) is 5.45. The van der Waals surface area contributed by atoms with E-state index in [-0.39, 0.29) is 0 Å². The van der Waals surface area contributed by atoms with E-state index in [1.54, 1.807) is 0 Å². The zero-order chi connectivity index (χ0) is 17.2. The maximum Gasteiger partial charge on any atom is 0.344 e. The van der Waals surface area contributed by atoms with Crippen molar-refractivity contribution in [3.63, 3.8) is 0 Å². The summed E-state index contributed by atoms with van der Waals surface area (Å²) in [7, 11) is -4.66. The van der Waals surface area contributed by atoms with Crippen molar-refractivity contribution in [1.29, 1.82) is 0 Å². The van der Waals surface area contributed by atoms with Gasteiger partial charge in [0.1, 0.15) is 17.4 Å². The summed E-state index contributed by atoms with van der Waals surface area (Å²) in [4.78, 5) is 11.5. The molecule has 1 rings (SSSR count). The summed E-state index contributed by atoms with van der Waals surface area (Å²) in [6.45, 7) is -0.694. The molecule has 0 saturated heterocycles. The maximum absolute atomic E-state index is 13.3. The Labute approximate surface area is 120 Å². The number of esters is 1. The SMILES string of the molecule is NCC(CS(=O)(=O)O)OC(=O)c1c(F)c(F)c(F)c(F)c1F. The van der Waals surface area contributed by atoms with Crippen LogP contribution in [-0.4, -0.2) is 37.3 Å². The lowest BCUT2D eigenvalue weighted by Crippen LogP contribution is -2.34. The van der Waals surface area contributed by atoms with Gasteiger partial charge >= 0.3 is 5.97 Å². The highest BCUT2D eigenvalue weighted by atomic mass is 32.2. The minimum atomic E-state index is -4.66. The second-order valence-electron chi connectivity index (χ2n) is 3.96. The highest BCUT2D eigenvalue weighted by Gasteiger charge is 2.32. The molecular formula is C10H8F5NO5S. The fourth-order valence-corrected chi connectivity index (χ4v) is 2.05. The standard InChI is InChI=1S/C10H8F5NO5S/c11-5-4(6(12)8(14)9(15)7(5)13)10(17)21-3(1-16)2-22(18,19)20/h3H,1-2,16H2,(H,18,19,20). The van der Waals surface area contributed by atoms with Gasteiger partial charge in [-0.1, -0.05) is 0 Å². The number of hydrogen-bond acceptors (Lipinski definition) is 5. The molecule has 0 spiro atoms. The van der Waals surface area contributed by atoms with E-state index >= 15 is 0 Å². The molecule has 124 valence electrons. The first-order valence-electron chi connectivity index (χ1n) is 5.37. The molecular weight excluding hydrogens is 341 g/mol. The molecule has 6 nitrogen and oxygen atoms in total. The van der Waals surface area contributed by atoms with Crippen molar-refractivity contribution < 1.29 is 44.5 Å². The smallest absolute Gasteiger partial charge is 0.344 e. The van der Waals surface area contributed by atoms with Crippen LogP contribution < -0.4 is 5.73 Å². The number of benzene rings is 1. The third-order valence-corrected chi connectivity index (χ3v) is 3.14. The van der Waals surface area contributed by atoms with Gasteiger partial charge in [-0.2, -0.15) is 8.42 Å². The number of rotatable bonds is 5. The Hall–Kier alpha value is -1.79. The molecule has 3 N–H and O–H groups in total. The lowest BCUT2D eigenvalue weighted by atomic mass is 10.1. The van der Waals surface area contributed by atoms with Crippen molar-refractivity contribution in [3.05, 3.63) is 34.6 Å². The van der Waals surface area contributed by atoms with Gasteiger partial charge in [-0.25, -0.2) is 26.7 Å². The first-order valence-corrected chi connectivity index (χ1v) is 6.98. The van der Waals surface area contributed by atoms with Crippen LogP contribution in [0.25, 0.3) is 0 Å². The summed E-state index contributed by atoms with van der Waals surface area (Å²) in [6, 6.07) is 0. The molecule has 0 heterocycles. The van der Waals surface area contributed by atoms with Gasteiger partial charge in [0.2, 0.25) is 5.82 Å². The summed E-state index contributed by atoms with van der Waals surface area (Å²) in [5.41, 5.74) is 3.12. The van der Waals surface area contributed by atoms with Crippen molar-refractivity contribution in [2.24, 2.45) is 5.73 Å². The highest BCUT2D eigenvalue weighted by molar-refractivity contribution is 7.85. The average molecular weight is 349 g/mol. The monoisotopic (exact) mass is 349 g/mol. The van der Waals surface area contributed by atoms with Crippen LogP contribution in [0.4, 0.5) is 22.0 Å². The summed E-state index contributed by atoms with van der Waals surface area (Å²) < 4.78 is 99.3. The molecule has 12 heteroatoms. The second kappa shape index (κ2) is 6.54. The highest BCUT2D eigenvalue weighted by Crippen LogP contribution is 2.24. The summed E-state index contributed by atoms with van der Waals surface area (Å²) in [5.74, 6) is -15.3. The molecule has 1 aromatic carbocycles. The van der Waals surface area contributed by atoms with Gasteiger partial charge in [0, 0.05) is 6.54 Å². The topological polar surface area (TPSA) is 107 Å². The largest absolute Gasteiger partial charge is 0.456 e. The normalized spacial score (nSPS) is 13.0. The number of hydrogen-bond donors (Lipinski definition) is 2. The zero-order valence-electron chi connectivity index (χ0n) is 10.4. The van der Waals surface area contributed by atoms with Crippen molar-refractivity contribution >= 4 is 16.1 Å². The van der Waals surface area contributed by atoms with Crippen LogP contribution in [0.15, 0.2) is 0 Å². The van der Waals surface area contributed by atoms with Crippen LogP contribution in [0.2, 0.25) is 0 Å². The van der Waals surface area contributed by atoms with Gasteiger partial charge in [-0.05, 0) is 0 Å². The number of nitrogens with two attached hydrogens (primary N) is 1.